The van der Waals surface area contributed by atoms with Crippen molar-refractivity contribution in [3.8, 4) is 0 Å². The number of nitrogens with zero attached hydrogens (tertiary/aromatic N) is 2. The second-order valence-electron chi connectivity index (χ2n) is 13.1. The predicted octanol–water partition coefficient (Wildman–Crippen LogP) is 1.19. The van der Waals surface area contributed by atoms with Gasteiger partial charge in [0.15, 0.2) is 12.7 Å². The lowest BCUT2D eigenvalue weighted by molar-refractivity contribution is -0.147. The molecule has 1 saturated heterocycles. The molecular weight excluding hydrogens is 775 g/mol. The zero-order valence-electron chi connectivity index (χ0n) is 30.5. The minimum Gasteiger partial charge on any atom is -0.481 e. The molecule has 4 unspecified atom stereocenters. The van der Waals surface area contributed by atoms with Crippen molar-refractivity contribution in [2.45, 2.75) is 93.7 Å². The number of ketones is 2. The lowest BCUT2D eigenvalue weighted by atomic mass is 9.99. The number of nitrogens with one attached hydrogen (secondary N) is 2. The Morgan fingerprint density at radius 3 is 2.29 bits per heavy atom. The van der Waals surface area contributed by atoms with E-state index in [0.29, 0.717) is 22.5 Å². The fourth-order valence-electron chi connectivity index (χ4n) is 5.38. The number of hydrogen-bond donors (Lipinski definition) is 5. The summed E-state index contributed by atoms with van der Waals surface area (Å²) in [6.07, 6.45) is -3.22. The Hall–Kier alpha value is -3.50. The fraction of sp³-hybridized carbons (Fsp3) is 0.706. The Kier molecular flexibility index (Phi) is 18.6. The van der Waals surface area contributed by atoms with Crippen LogP contribution < -0.4 is 16.3 Å². The van der Waals surface area contributed by atoms with Crippen LogP contribution in [0, 0.1) is 11.8 Å². The molecular formula is C34H48F2N4O13S2. The van der Waals surface area contributed by atoms with Crippen LogP contribution in [0.2, 0.25) is 0 Å². The van der Waals surface area contributed by atoms with Crippen LogP contribution in [-0.4, -0.2) is 133 Å². The Morgan fingerprint density at radius 1 is 1.07 bits per heavy atom. The molecule has 1 aromatic rings. The van der Waals surface area contributed by atoms with Gasteiger partial charge in [-0.3, -0.25) is 33.3 Å². The van der Waals surface area contributed by atoms with E-state index in [9.17, 15) is 52.6 Å². The van der Waals surface area contributed by atoms with Gasteiger partial charge in [-0.2, -0.15) is 37.3 Å². The van der Waals surface area contributed by atoms with Crippen molar-refractivity contribution < 1.29 is 67.1 Å². The summed E-state index contributed by atoms with van der Waals surface area (Å²) in [4.78, 5) is 89.0. The highest BCUT2D eigenvalue weighted by atomic mass is 32.2. The molecule has 0 aromatic carbocycles. The number of thioether (sulfide) groups is 2. The van der Waals surface area contributed by atoms with Crippen molar-refractivity contribution in [3.63, 3.8) is 0 Å². The van der Waals surface area contributed by atoms with Gasteiger partial charge in [0.05, 0.1) is 38.1 Å². The molecule has 2 amide bonds. The van der Waals surface area contributed by atoms with E-state index in [2.05, 4.69) is 15.6 Å². The quantitative estimate of drug-likeness (QED) is 0.0686. The average Bonchev–Trinajstić information content (AvgIpc) is 3.34. The van der Waals surface area contributed by atoms with E-state index in [0.717, 1.165) is 25.1 Å². The first-order chi connectivity index (χ1) is 26.1. The van der Waals surface area contributed by atoms with E-state index in [1.807, 2.05) is 6.92 Å². The number of rotatable bonds is 25. The predicted molar refractivity (Wildman–Crippen MR) is 195 cm³/mol. The second-order valence-corrected chi connectivity index (χ2v) is 15.6. The van der Waals surface area contributed by atoms with Crippen molar-refractivity contribution >= 4 is 64.7 Å². The largest absolute Gasteiger partial charge is 0.481 e. The number of hydrogen-bond acceptors (Lipinski definition) is 15. The molecule has 5 N–H and O–H groups in total. The summed E-state index contributed by atoms with van der Waals surface area (Å²) in [6.45, 7) is 1.65. The maximum absolute atomic E-state index is 14.4. The SMILES string of the molecule is CCC(CSC1CCC1SCC(CC(=O)CCOCCC(C)=O)C(=O)NCCC(=O)OCC(=O)Nc1ccn([C@H]2O[C@@H](CO)[C@H](O)C2(F)F)c(=O)n1)C(=O)O. The molecule has 2 heterocycles. The van der Waals surface area contributed by atoms with Gasteiger partial charge in [0.2, 0.25) is 12.1 Å². The third kappa shape index (κ3) is 14.2. The maximum Gasteiger partial charge on any atom is 0.351 e. The molecule has 1 saturated carbocycles. The first-order valence-electron chi connectivity index (χ1n) is 17.8. The van der Waals surface area contributed by atoms with Crippen molar-refractivity contribution in [2.75, 3.05) is 49.8 Å². The molecule has 7 atom stereocenters. The molecule has 308 valence electrons. The summed E-state index contributed by atoms with van der Waals surface area (Å²) in [5.74, 6) is -7.99. The summed E-state index contributed by atoms with van der Waals surface area (Å²) < 4.78 is 44.4. The number of aliphatic hydroxyl groups is 2. The highest BCUT2D eigenvalue weighted by Crippen LogP contribution is 2.43. The van der Waals surface area contributed by atoms with Gasteiger partial charge in [0, 0.05) is 54.0 Å². The number of carbonyl (C=O) groups excluding carboxylic acids is 5. The molecule has 0 spiro atoms. The van der Waals surface area contributed by atoms with Crippen LogP contribution in [0.3, 0.4) is 0 Å². The van der Waals surface area contributed by atoms with Crippen LogP contribution in [0.1, 0.15) is 65.0 Å². The zero-order chi connectivity index (χ0) is 40.7. The Bertz CT molecular complexity index is 1570. The van der Waals surface area contributed by atoms with Crippen LogP contribution in [0.25, 0.3) is 0 Å². The number of aliphatic hydroxyl groups excluding tert-OH is 2. The number of anilines is 1. The van der Waals surface area contributed by atoms with E-state index in [-0.39, 0.29) is 73.3 Å². The van der Waals surface area contributed by atoms with Crippen LogP contribution in [-0.2, 0) is 43.0 Å². The lowest BCUT2D eigenvalue weighted by Gasteiger charge is -2.36. The number of ether oxygens (including phenoxy) is 3. The molecule has 0 radical (unpaired) electrons. The van der Waals surface area contributed by atoms with E-state index in [4.69, 9.17) is 19.3 Å². The van der Waals surface area contributed by atoms with Gasteiger partial charge in [0.1, 0.15) is 23.5 Å². The molecule has 0 bridgehead atoms. The summed E-state index contributed by atoms with van der Waals surface area (Å²) in [7, 11) is 0. The summed E-state index contributed by atoms with van der Waals surface area (Å²) in [5.41, 5.74) is -1.26. The minimum atomic E-state index is -3.93. The van der Waals surface area contributed by atoms with Gasteiger partial charge < -0.3 is 40.2 Å². The van der Waals surface area contributed by atoms with Gasteiger partial charge in [0.25, 0.3) is 5.91 Å². The van der Waals surface area contributed by atoms with Crippen LogP contribution in [0.15, 0.2) is 17.1 Å². The number of alkyl halides is 2. The van der Waals surface area contributed by atoms with Crippen molar-refractivity contribution in [1.82, 2.24) is 14.9 Å². The molecule has 21 heteroatoms. The Balaban J connectivity index is 1.46. The third-order valence-electron chi connectivity index (χ3n) is 8.89. The summed E-state index contributed by atoms with van der Waals surface area (Å²) in [6, 6.07) is 1.00. The second kappa shape index (κ2) is 22.3. The van der Waals surface area contributed by atoms with Crippen LogP contribution >= 0.6 is 23.5 Å². The van der Waals surface area contributed by atoms with Crippen molar-refractivity contribution in [3.05, 3.63) is 22.7 Å². The molecule has 1 aromatic heterocycles. The van der Waals surface area contributed by atoms with E-state index in [1.54, 1.807) is 23.5 Å². The number of amides is 2. The van der Waals surface area contributed by atoms with Gasteiger partial charge in [-0.05, 0) is 32.3 Å². The van der Waals surface area contributed by atoms with E-state index < -0.39 is 78.9 Å². The van der Waals surface area contributed by atoms with Gasteiger partial charge in [-0.15, -0.1) is 0 Å². The van der Waals surface area contributed by atoms with Crippen molar-refractivity contribution in [1.29, 1.82) is 0 Å². The molecule has 1 aliphatic carbocycles. The number of carbonyl (C=O) groups is 6. The normalized spacial score (nSPS) is 22.5. The standard InChI is InChI=1S/C34H48F2N4O13S2/c1-3-20(31(48)49)17-54-24-4-5-25(24)55-18-21(14-22(43)9-13-51-12-8-19(2)42)30(47)37-10-6-28(45)52-16-27(44)38-26-7-11-40(33(50)39-26)32-34(35,36)29(46)23(15-41)53-32/h7,11,20-21,23-25,29,32,41,46H,3-6,8-10,12-18H2,1-2H3,(H,37,47)(H,48,49)(H,38,39,44,50)/t20?,21?,23-,24?,25?,29-,32-/m0/s1. The van der Waals surface area contributed by atoms with Crippen LogP contribution in [0.4, 0.5) is 14.6 Å². The molecule has 55 heavy (non-hydrogen) atoms. The molecule has 17 nitrogen and oxygen atoms in total. The molecule has 2 aliphatic rings. The maximum atomic E-state index is 14.4. The zero-order valence-corrected chi connectivity index (χ0v) is 32.1. The fourth-order valence-corrected chi connectivity index (χ4v) is 8.77. The summed E-state index contributed by atoms with van der Waals surface area (Å²) in [5, 5.41) is 33.4. The Morgan fingerprint density at radius 2 is 1.73 bits per heavy atom. The highest BCUT2D eigenvalue weighted by molar-refractivity contribution is 8.04. The van der Waals surface area contributed by atoms with Crippen LogP contribution in [0.5, 0.6) is 0 Å². The summed E-state index contributed by atoms with van der Waals surface area (Å²) >= 11 is 3.14. The van der Waals surface area contributed by atoms with Crippen molar-refractivity contribution in [2.24, 2.45) is 11.8 Å². The minimum absolute atomic E-state index is 0.0412. The highest BCUT2D eigenvalue weighted by Gasteiger charge is 2.59. The molecule has 3 rings (SSSR count). The topological polar surface area (TPSA) is 250 Å². The van der Waals surface area contributed by atoms with Gasteiger partial charge >= 0.3 is 23.6 Å². The average molecular weight is 823 g/mol. The number of aliphatic carboxylic acids is 1. The number of carboxylic acid groups (broad SMARTS) is 1. The van der Waals surface area contributed by atoms with E-state index >= 15 is 0 Å². The number of esters is 1. The smallest absolute Gasteiger partial charge is 0.351 e. The van der Waals surface area contributed by atoms with Gasteiger partial charge in [-0.25, -0.2) is 4.79 Å². The lowest BCUT2D eigenvalue weighted by Crippen LogP contribution is -2.41. The third-order valence-corrected chi connectivity index (χ3v) is 12.2. The monoisotopic (exact) mass is 822 g/mol. The first kappa shape index (κ1) is 45.9. The first-order valence-corrected chi connectivity index (χ1v) is 19.9. The number of Topliss-reactive ketones (excluding diaryl/α,β-unsaturated/α-hetero) is 2. The molecule has 1 aliphatic heterocycles. The van der Waals surface area contributed by atoms with E-state index in [1.165, 1.54) is 6.92 Å². The molecule has 2 fully saturated rings. The van der Waals surface area contributed by atoms with Gasteiger partial charge in [-0.1, -0.05) is 6.92 Å². The number of carboxylic acids is 1. The number of aromatic nitrogens is 2. The number of halogens is 2. The Labute approximate surface area is 324 Å².